The minimum absolute atomic E-state index is 0.833. The Morgan fingerprint density at radius 1 is 0.195 bits per heavy atom. The van der Waals surface area contributed by atoms with Gasteiger partial charge in [-0.3, -0.25) is 29.9 Å². The molecule has 0 saturated carbocycles. The lowest BCUT2D eigenvalue weighted by Gasteiger charge is -1.97. The van der Waals surface area contributed by atoms with Crippen LogP contribution < -0.4 is 0 Å². The van der Waals surface area contributed by atoms with Crippen LogP contribution in [-0.2, 0) is 0 Å². The van der Waals surface area contributed by atoms with Crippen molar-refractivity contribution in [2.45, 2.75) is 61.3 Å². The average molecular weight is 1080 g/mol. The lowest BCUT2D eigenvalue weighted by Crippen LogP contribution is -1.79. The van der Waals surface area contributed by atoms with Gasteiger partial charge in [0.25, 0.3) is 0 Å². The molecule has 0 unspecified atom stereocenters. The lowest BCUT2D eigenvalue weighted by molar-refractivity contribution is 0.737. The van der Waals surface area contributed by atoms with Crippen molar-refractivity contribution in [3.05, 3.63) is 328 Å². The van der Waals surface area contributed by atoms with Crippen LogP contribution in [0.25, 0.3) is 67.5 Å². The van der Waals surface area contributed by atoms with Crippen LogP contribution in [0, 0.1) is 5.92 Å². The summed E-state index contributed by atoms with van der Waals surface area (Å²) in [5.41, 5.74) is 13.1. The average Bonchev–Trinajstić information content (AvgIpc) is 3.59. The van der Waals surface area contributed by atoms with Gasteiger partial charge >= 0.3 is 0 Å². The van der Waals surface area contributed by atoms with Gasteiger partial charge in [-0.05, 0) is 78.7 Å². The van der Waals surface area contributed by atoms with Crippen LogP contribution in [0.1, 0.15) is 61.3 Å². The molecule has 6 heteroatoms. The predicted octanol–water partition coefficient (Wildman–Crippen LogP) is 21.0. The number of aromatic nitrogens is 6. The molecular weight excluding hydrogens is 997 g/mol. The fourth-order valence-electron chi connectivity index (χ4n) is 6.85. The molecule has 6 aromatic carbocycles. The molecule has 6 heterocycles. The van der Waals surface area contributed by atoms with Crippen LogP contribution in [0.3, 0.4) is 0 Å². The second kappa shape index (κ2) is 42.2. The Bertz CT molecular complexity index is 2480. The smallest absolute Gasteiger partial charge is 0.0701 e. The van der Waals surface area contributed by atoms with Crippen LogP contribution in [0.15, 0.2) is 328 Å². The van der Waals surface area contributed by atoms with E-state index in [9.17, 15) is 0 Å². The van der Waals surface area contributed by atoms with Gasteiger partial charge < -0.3 is 0 Å². The summed E-state index contributed by atoms with van der Waals surface area (Å²) in [4.78, 5) is 25.5. The van der Waals surface area contributed by atoms with Crippen molar-refractivity contribution in [3.63, 3.8) is 0 Å². The SMILES string of the molecule is CC(C)C.CCC.CCC.c1ccc(-c2ccccn2)cc1.c1ccc(-c2ccccn2)cc1.c1ccc(-c2ccccn2)cc1.c1ccc(-c2ccccn2)cc1.c1ccc(-c2ccccn2)cc1.c1ccc(-c2ccccn2)cc1. The number of nitrogens with zero attached hydrogens (tertiary/aromatic N) is 6. The number of hydrogen-bond acceptors (Lipinski definition) is 6. The van der Waals surface area contributed by atoms with E-state index in [-0.39, 0.29) is 0 Å². The minimum atomic E-state index is 0.833. The zero-order chi connectivity index (χ0) is 58.3. The van der Waals surface area contributed by atoms with Crippen molar-refractivity contribution < 1.29 is 0 Å². The highest BCUT2D eigenvalue weighted by Gasteiger charge is 1.98. The first-order valence-corrected chi connectivity index (χ1v) is 28.1. The maximum Gasteiger partial charge on any atom is 0.0701 e. The third-order valence-electron chi connectivity index (χ3n) is 10.4. The van der Waals surface area contributed by atoms with E-state index in [2.05, 4.69) is 151 Å². The van der Waals surface area contributed by atoms with E-state index in [4.69, 9.17) is 0 Å². The van der Waals surface area contributed by atoms with E-state index < -0.39 is 0 Å². The largest absolute Gasteiger partial charge is 0.256 e. The van der Waals surface area contributed by atoms with E-state index in [1.165, 1.54) is 12.8 Å². The van der Waals surface area contributed by atoms with Crippen molar-refractivity contribution in [1.29, 1.82) is 0 Å². The van der Waals surface area contributed by atoms with Crippen molar-refractivity contribution >= 4 is 0 Å². The van der Waals surface area contributed by atoms with Gasteiger partial charge in [0.2, 0.25) is 0 Å². The number of pyridine rings is 6. The summed E-state index contributed by atoms with van der Waals surface area (Å²) in [6, 6.07) is 96.5. The Labute approximate surface area is 490 Å². The molecule has 0 N–H and O–H groups in total. The highest BCUT2D eigenvalue weighted by Crippen LogP contribution is 2.19. The Morgan fingerprint density at radius 3 is 0.402 bits per heavy atom. The number of rotatable bonds is 6. The van der Waals surface area contributed by atoms with Crippen LogP contribution in [0.2, 0.25) is 0 Å². The first-order valence-electron chi connectivity index (χ1n) is 28.1. The third kappa shape index (κ3) is 27.7. The summed E-state index contributed by atoms with van der Waals surface area (Å²) in [7, 11) is 0. The van der Waals surface area contributed by atoms with Gasteiger partial charge in [-0.25, -0.2) is 0 Å². The van der Waals surface area contributed by atoms with E-state index in [0.717, 1.165) is 73.5 Å². The van der Waals surface area contributed by atoms with Gasteiger partial charge in [0, 0.05) is 70.6 Å². The predicted molar refractivity (Wildman–Crippen MR) is 350 cm³/mol. The Balaban J connectivity index is 0.000000205. The number of hydrogen-bond donors (Lipinski definition) is 0. The summed E-state index contributed by atoms with van der Waals surface area (Å²) >= 11 is 0. The molecular formula is C76H80N6. The van der Waals surface area contributed by atoms with Crippen molar-refractivity contribution in [2.75, 3.05) is 0 Å². The second-order valence-electron chi connectivity index (χ2n) is 18.6. The third-order valence-corrected chi connectivity index (χ3v) is 10.4. The van der Waals surface area contributed by atoms with Gasteiger partial charge in [-0.15, -0.1) is 0 Å². The Kier molecular flexibility index (Phi) is 33.3. The quantitative estimate of drug-likeness (QED) is 0.165. The molecule has 6 aromatic heterocycles. The first-order chi connectivity index (χ1) is 40.4. The second-order valence-corrected chi connectivity index (χ2v) is 18.6. The van der Waals surface area contributed by atoms with Gasteiger partial charge in [-0.1, -0.05) is 280 Å². The van der Waals surface area contributed by atoms with Crippen molar-refractivity contribution in [2.24, 2.45) is 5.92 Å². The standard InChI is InChI=1S/6C11H9N.C4H10.2C3H8/c6*1-2-6-10(7-3-1)11-8-4-5-9-12-11;1-4(2)3;2*1-3-2/h6*1-9H;4H,1-3H3;2*3H2,1-2H3. The maximum atomic E-state index is 4.25. The molecule has 0 bridgehead atoms. The lowest BCUT2D eigenvalue weighted by atomic mass is 10.1. The fraction of sp³-hybridized carbons (Fsp3) is 0.132. The molecule has 0 aliphatic rings. The normalized spacial score (nSPS) is 9.37. The molecule has 0 fully saturated rings. The monoisotopic (exact) mass is 1080 g/mol. The van der Waals surface area contributed by atoms with E-state index in [1.54, 1.807) is 0 Å². The van der Waals surface area contributed by atoms with Crippen LogP contribution in [-0.4, -0.2) is 29.9 Å². The molecule has 0 amide bonds. The van der Waals surface area contributed by atoms with E-state index in [1.807, 2.05) is 256 Å². The Morgan fingerprint density at radius 2 is 0.305 bits per heavy atom. The molecule has 12 rings (SSSR count). The molecule has 0 spiro atoms. The van der Waals surface area contributed by atoms with Gasteiger partial charge in [0.15, 0.2) is 0 Å². The van der Waals surface area contributed by atoms with E-state index in [0.29, 0.717) is 0 Å². The van der Waals surface area contributed by atoms with E-state index >= 15 is 0 Å². The van der Waals surface area contributed by atoms with Crippen molar-refractivity contribution in [3.8, 4) is 67.5 Å². The summed E-state index contributed by atoms with van der Waals surface area (Å²) < 4.78 is 0. The molecule has 82 heavy (non-hydrogen) atoms. The molecule has 0 aliphatic carbocycles. The summed E-state index contributed by atoms with van der Waals surface area (Å²) in [6.07, 6.45) is 13.3. The van der Waals surface area contributed by atoms with Gasteiger partial charge in [-0.2, -0.15) is 0 Å². The molecule has 414 valence electrons. The van der Waals surface area contributed by atoms with Gasteiger partial charge in [0.1, 0.15) is 0 Å². The van der Waals surface area contributed by atoms with Crippen LogP contribution in [0.4, 0.5) is 0 Å². The zero-order valence-electron chi connectivity index (χ0n) is 48.9. The summed E-state index contributed by atoms with van der Waals surface area (Å²) in [5, 5.41) is 0. The molecule has 0 radical (unpaired) electrons. The summed E-state index contributed by atoms with van der Waals surface area (Å²) in [6.45, 7) is 15.0. The minimum Gasteiger partial charge on any atom is -0.256 e. The molecule has 12 aromatic rings. The van der Waals surface area contributed by atoms with Crippen LogP contribution in [0.5, 0.6) is 0 Å². The number of benzene rings is 6. The Hall–Kier alpha value is -9.78. The van der Waals surface area contributed by atoms with Crippen molar-refractivity contribution in [1.82, 2.24) is 29.9 Å². The molecule has 6 nitrogen and oxygen atoms in total. The fourth-order valence-corrected chi connectivity index (χ4v) is 6.85. The maximum absolute atomic E-state index is 4.25. The highest BCUT2D eigenvalue weighted by atomic mass is 14.7. The molecule has 0 atom stereocenters. The molecule has 0 aliphatic heterocycles. The zero-order valence-corrected chi connectivity index (χ0v) is 48.9. The topological polar surface area (TPSA) is 77.3 Å². The van der Waals surface area contributed by atoms with Crippen LogP contribution >= 0.6 is 0 Å². The summed E-state index contributed by atoms with van der Waals surface area (Å²) in [5.74, 6) is 0.833. The highest BCUT2D eigenvalue weighted by molar-refractivity contribution is 5.62. The molecule has 0 saturated heterocycles. The first kappa shape index (κ1) is 64.7. The van der Waals surface area contributed by atoms with Gasteiger partial charge in [0.05, 0.1) is 34.2 Å².